The van der Waals surface area contributed by atoms with Gasteiger partial charge in [-0.05, 0) is 37.3 Å². The molecule has 1 saturated heterocycles. The molecule has 0 spiro atoms. The lowest BCUT2D eigenvalue weighted by Crippen LogP contribution is -2.48. The van der Waals surface area contributed by atoms with Crippen molar-refractivity contribution in [1.82, 2.24) is 9.88 Å². The van der Waals surface area contributed by atoms with Crippen LogP contribution in [0.4, 0.5) is 9.52 Å². The van der Waals surface area contributed by atoms with E-state index in [1.54, 1.807) is 17.5 Å². The van der Waals surface area contributed by atoms with Gasteiger partial charge in [0.05, 0.1) is 17.5 Å². The molecule has 1 aliphatic heterocycles. The molecule has 1 aliphatic carbocycles. The van der Waals surface area contributed by atoms with E-state index in [2.05, 4.69) is 10.3 Å². The van der Waals surface area contributed by atoms with Gasteiger partial charge in [0.25, 0.3) is 0 Å². The minimum Gasteiger partial charge on any atom is -0.300 e. The Morgan fingerprint density at radius 2 is 1.90 bits per heavy atom. The normalized spacial score (nSPS) is 21.5. The Morgan fingerprint density at radius 3 is 2.52 bits per heavy atom. The van der Waals surface area contributed by atoms with Crippen LogP contribution in [-0.4, -0.2) is 33.6 Å². The second kappa shape index (κ2) is 8.70. The van der Waals surface area contributed by atoms with Crippen molar-refractivity contribution < 1.29 is 18.8 Å². The van der Waals surface area contributed by atoms with Crippen LogP contribution >= 0.6 is 11.3 Å². The summed E-state index contributed by atoms with van der Waals surface area (Å²) in [5.41, 5.74) is 1.16. The highest BCUT2D eigenvalue weighted by Gasteiger charge is 2.51. The predicted molar refractivity (Wildman–Crippen MR) is 117 cm³/mol. The van der Waals surface area contributed by atoms with Crippen LogP contribution in [0, 0.1) is 23.6 Å². The molecule has 8 heteroatoms. The number of carbonyl (C=O) groups excluding carboxylic acids is 3. The van der Waals surface area contributed by atoms with Crippen molar-refractivity contribution in [2.75, 3.05) is 5.32 Å². The molecule has 1 N–H and O–H groups in total. The third kappa shape index (κ3) is 4.30. The molecule has 0 bridgehead atoms. The first-order valence-corrected chi connectivity index (χ1v) is 11.3. The van der Waals surface area contributed by atoms with Gasteiger partial charge in [-0.2, -0.15) is 0 Å². The summed E-state index contributed by atoms with van der Waals surface area (Å²) in [6.07, 6.45) is 5.29. The van der Waals surface area contributed by atoms with Crippen molar-refractivity contribution in [2.24, 2.45) is 17.8 Å². The minimum atomic E-state index is -0.882. The van der Waals surface area contributed by atoms with Gasteiger partial charge in [-0.1, -0.05) is 38.1 Å². The maximum atomic E-state index is 13.5. The fourth-order valence-electron chi connectivity index (χ4n) is 4.21. The van der Waals surface area contributed by atoms with Crippen molar-refractivity contribution in [3.8, 4) is 11.3 Å². The Labute approximate surface area is 184 Å². The number of allylic oxidation sites excluding steroid dienone is 2. The third-order valence-electron chi connectivity index (χ3n) is 5.71. The summed E-state index contributed by atoms with van der Waals surface area (Å²) in [4.78, 5) is 44.7. The maximum Gasteiger partial charge on any atom is 0.249 e. The molecule has 2 aromatic rings. The molecular formula is C23H24FN3O3S. The van der Waals surface area contributed by atoms with Crippen LogP contribution in [0.25, 0.3) is 11.3 Å². The summed E-state index contributed by atoms with van der Waals surface area (Å²) in [7, 11) is 0. The second-order valence-corrected chi connectivity index (χ2v) is 9.24. The number of anilines is 1. The van der Waals surface area contributed by atoms with E-state index in [0.29, 0.717) is 35.7 Å². The first-order valence-electron chi connectivity index (χ1n) is 10.4. The Balaban J connectivity index is 1.54. The molecule has 6 nitrogen and oxygen atoms in total. The maximum absolute atomic E-state index is 13.5. The van der Waals surface area contributed by atoms with Crippen LogP contribution in [0.2, 0.25) is 0 Å². The number of amides is 3. The van der Waals surface area contributed by atoms with Crippen molar-refractivity contribution in [2.45, 2.75) is 39.2 Å². The Morgan fingerprint density at radius 1 is 1.23 bits per heavy atom. The average molecular weight is 442 g/mol. The topological polar surface area (TPSA) is 79.4 Å². The Kier molecular flexibility index (Phi) is 6.00. The van der Waals surface area contributed by atoms with Gasteiger partial charge in [-0.25, -0.2) is 9.37 Å². The zero-order valence-corrected chi connectivity index (χ0v) is 18.2. The van der Waals surface area contributed by atoms with Crippen molar-refractivity contribution in [3.05, 3.63) is 47.6 Å². The molecule has 31 heavy (non-hydrogen) atoms. The molecule has 0 radical (unpaired) electrons. The highest BCUT2D eigenvalue weighted by atomic mass is 32.1. The van der Waals surface area contributed by atoms with Gasteiger partial charge in [0.2, 0.25) is 17.7 Å². The highest BCUT2D eigenvalue weighted by molar-refractivity contribution is 7.14. The van der Waals surface area contributed by atoms with E-state index < -0.39 is 11.9 Å². The number of thiazole rings is 1. The van der Waals surface area contributed by atoms with E-state index in [-0.39, 0.29) is 35.4 Å². The molecule has 3 amide bonds. The van der Waals surface area contributed by atoms with E-state index in [9.17, 15) is 18.8 Å². The molecule has 1 aromatic carbocycles. The monoisotopic (exact) mass is 441 g/mol. The number of benzene rings is 1. The minimum absolute atomic E-state index is 0.108. The fourth-order valence-corrected chi connectivity index (χ4v) is 4.93. The van der Waals surface area contributed by atoms with Gasteiger partial charge in [0.15, 0.2) is 5.13 Å². The zero-order chi connectivity index (χ0) is 22.1. The molecule has 1 aromatic heterocycles. The third-order valence-corrected chi connectivity index (χ3v) is 6.46. The second-order valence-electron chi connectivity index (χ2n) is 8.39. The summed E-state index contributed by atoms with van der Waals surface area (Å²) in [5.74, 6) is -1.97. The van der Waals surface area contributed by atoms with Crippen LogP contribution < -0.4 is 5.32 Å². The number of hydrogen-bond acceptors (Lipinski definition) is 5. The van der Waals surface area contributed by atoms with Gasteiger partial charge in [-0.15, -0.1) is 11.3 Å². The molecule has 3 unspecified atom stereocenters. The van der Waals surface area contributed by atoms with Gasteiger partial charge >= 0.3 is 0 Å². The van der Waals surface area contributed by atoms with Crippen LogP contribution in [0.5, 0.6) is 0 Å². The van der Waals surface area contributed by atoms with Gasteiger partial charge in [-0.3, -0.25) is 19.3 Å². The smallest absolute Gasteiger partial charge is 0.249 e. The van der Waals surface area contributed by atoms with E-state index in [1.165, 1.54) is 28.4 Å². The summed E-state index contributed by atoms with van der Waals surface area (Å²) in [6.45, 7) is 3.90. The van der Waals surface area contributed by atoms with Gasteiger partial charge in [0, 0.05) is 10.9 Å². The molecule has 162 valence electrons. The van der Waals surface area contributed by atoms with E-state index in [1.807, 2.05) is 26.0 Å². The number of halogens is 1. The van der Waals surface area contributed by atoms with Gasteiger partial charge < -0.3 is 5.32 Å². The molecule has 3 atom stereocenters. The summed E-state index contributed by atoms with van der Waals surface area (Å²) in [5, 5.41) is 4.84. The number of rotatable bonds is 6. The van der Waals surface area contributed by atoms with Crippen LogP contribution in [0.3, 0.4) is 0 Å². The van der Waals surface area contributed by atoms with Crippen molar-refractivity contribution in [3.63, 3.8) is 0 Å². The SMILES string of the molecule is CC(C)CC(C(=O)Nc1nc(-c2cccc(F)c2)cs1)N1C(=O)C2CC=CCC2C1=O. The molecule has 2 heterocycles. The lowest BCUT2D eigenvalue weighted by atomic mass is 9.85. The number of fused-ring (bicyclic) bond motifs is 1. The van der Waals surface area contributed by atoms with Crippen LogP contribution in [-0.2, 0) is 14.4 Å². The first-order chi connectivity index (χ1) is 14.8. The summed E-state index contributed by atoms with van der Waals surface area (Å²) >= 11 is 1.22. The summed E-state index contributed by atoms with van der Waals surface area (Å²) in [6, 6.07) is 5.18. The Hall–Kier alpha value is -2.87. The van der Waals surface area contributed by atoms with Crippen molar-refractivity contribution in [1.29, 1.82) is 0 Å². The van der Waals surface area contributed by atoms with Crippen LogP contribution in [0.15, 0.2) is 41.8 Å². The number of hydrogen-bond donors (Lipinski definition) is 1. The number of carbonyl (C=O) groups is 3. The van der Waals surface area contributed by atoms with Gasteiger partial charge in [0.1, 0.15) is 11.9 Å². The largest absolute Gasteiger partial charge is 0.300 e. The van der Waals surface area contributed by atoms with E-state index in [4.69, 9.17) is 0 Å². The standard InChI is InChI=1S/C23H24FN3O3S/c1-13(2)10-19(27-21(29)16-8-3-4-9-17(16)22(27)30)20(28)26-23-25-18(12-31-23)14-6-5-7-15(24)11-14/h3-7,11-13,16-17,19H,8-10H2,1-2H3,(H,25,26,28). The lowest BCUT2D eigenvalue weighted by Gasteiger charge is -2.27. The molecule has 0 saturated carbocycles. The highest BCUT2D eigenvalue weighted by Crippen LogP contribution is 2.37. The fraction of sp³-hybridized carbons (Fsp3) is 0.391. The number of imide groups is 1. The zero-order valence-electron chi connectivity index (χ0n) is 17.4. The molecular weight excluding hydrogens is 417 g/mol. The lowest BCUT2D eigenvalue weighted by molar-refractivity contribution is -0.147. The molecule has 1 fully saturated rings. The Bertz CT molecular complexity index is 1020. The molecule has 4 rings (SSSR count). The van der Waals surface area contributed by atoms with E-state index >= 15 is 0 Å². The van der Waals surface area contributed by atoms with Crippen molar-refractivity contribution >= 4 is 34.2 Å². The number of nitrogens with zero attached hydrogens (tertiary/aromatic N) is 2. The first kappa shape index (κ1) is 21.4. The molecule has 2 aliphatic rings. The van der Waals surface area contributed by atoms with E-state index in [0.717, 1.165) is 0 Å². The summed E-state index contributed by atoms with van der Waals surface area (Å²) < 4.78 is 13.5. The predicted octanol–water partition coefficient (Wildman–Crippen LogP) is 4.25. The number of nitrogens with one attached hydrogen (secondary N) is 1. The number of aromatic nitrogens is 1. The van der Waals surface area contributed by atoms with Crippen LogP contribution in [0.1, 0.15) is 33.1 Å². The quantitative estimate of drug-likeness (QED) is 0.537. The number of likely N-dealkylation sites (tertiary alicyclic amines) is 1. The average Bonchev–Trinajstić information content (AvgIpc) is 3.30.